The van der Waals surface area contributed by atoms with E-state index in [2.05, 4.69) is 36.4 Å². The van der Waals surface area contributed by atoms with Crippen LogP contribution < -0.4 is 10.1 Å². The molecule has 102 valence electrons. The second kappa shape index (κ2) is 6.38. The molecular weight excluding hydrogens is 238 g/mol. The van der Waals surface area contributed by atoms with Crippen molar-refractivity contribution < 1.29 is 4.74 Å². The Morgan fingerprint density at radius 2 is 2.05 bits per heavy atom. The van der Waals surface area contributed by atoms with Crippen molar-refractivity contribution in [1.29, 1.82) is 0 Å². The number of nitrogens with one attached hydrogen (secondary N) is 1. The van der Waals surface area contributed by atoms with Gasteiger partial charge >= 0.3 is 0 Å². The number of aryl methyl sites for hydroxylation is 1. The summed E-state index contributed by atoms with van der Waals surface area (Å²) in [5.74, 6) is 0.885. The Labute approximate surface area is 114 Å². The van der Waals surface area contributed by atoms with E-state index in [9.17, 15) is 0 Å². The van der Waals surface area contributed by atoms with E-state index in [1.807, 2.05) is 36.3 Å². The molecule has 19 heavy (non-hydrogen) atoms. The Morgan fingerprint density at radius 3 is 2.63 bits per heavy atom. The molecule has 0 fully saturated rings. The largest absolute Gasteiger partial charge is 0.489 e. The first-order chi connectivity index (χ1) is 9.22. The lowest BCUT2D eigenvalue weighted by Crippen LogP contribution is -2.11. The fourth-order valence-corrected chi connectivity index (χ4v) is 1.84. The third-order valence-corrected chi connectivity index (χ3v) is 3.23. The van der Waals surface area contributed by atoms with Crippen LogP contribution in [0.25, 0.3) is 0 Å². The van der Waals surface area contributed by atoms with Gasteiger partial charge in [0.1, 0.15) is 12.4 Å². The molecule has 1 heterocycles. The van der Waals surface area contributed by atoms with Crippen molar-refractivity contribution in [3.05, 3.63) is 47.8 Å². The molecule has 2 rings (SSSR count). The zero-order chi connectivity index (χ0) is 13.7. The number of hydrogen-bond acceptors (Lipinski definition) is 3. The number of ether oxygens (including phenoxy) is 1. The van der Waals surface area contributed by atoms with Crippen LogP contribution in [0.2, 0.25) is 0 Å². The van der Waals surface area contributed by atoms with E-state index in [1.54, 1.807) is 0 Å². The van der Waals surface area contributed by atoms with Gasteiger partial charge in [-0.2, -0.15) is 5.10 Å². The minimum absolute atomic E-state index is 0.358. The molecule has 0 aliphatic heterocycles. The molecule has 1 aromatic carbocycles. The summed E-state index contributed by atoms with van der Waals surface area (Å²) in [4.78, 5) is 0. The highest BCUT2D eigenvalue weighted by molar-refractivity contribution is 5.29. The highest BCUT2D eigenvalue weighted by Crippen LogP contribution is 2.18. The summed E-state index contributed by atoms with van der Waals surface area (Å²) in [6.45, 7) is 5.64. The predicted molar refractivity (Wildman–Crippen MR) is 76.1 cm³/mol. The van der Waals surface area contributed by atoms with Crippen LogP contribution in [-0.4, -0.2) is 16.8 Å². The number of rotatable bonds is 6. The van der Waals surface area contributed by atoms with E-state index in [-0.39, 0.29) is 0 Å². The second-order valence-corrected chi connectivity index (χ2v) is 4.57. The molecule has 4 nitrogen and oxygen atoms in total. The Bertz CT molecular complexity index is 504. The van der Waals surface area contributed by atoms with Crippen LogP contribution in [-0.2, 0) is 13.2 Å². The molecule has 1 N–H and O–H groups in total. The Morgan fingerprint density at radius 1 is 1.32 bits per heavy atom. The van der Waals surface area contributed by atoms with E-state index >= 15 is 0 Å². The summed E-state index contributed by atoms with van der Waals surface area (Å²) < 4.78 is 7.64. The number of aromatic nitrogens is 2. The van der Waals surface area contributed by atoms with Gasteiger partial charge < -0.3 is 10.1 Å². The Balaban J connectivity index is 1.92. The lowest BCUT2D eigenvalue weighted by atomic mass is 10.1. The van der Waals surface area contributed by atoms with Crippen LogP contribution in [0.15, 0.2) is 36.7 Å². The quantitative estimate of drug-likeness (QED) is 0.867. The van der Waals surface area contributed by atoms with Crippen molar-refractivity contribution in [3.8, 4) is 5.75 Å². The van der Waals surface area contributed by atoms with Crippen molar-refractivity contribution in [2.75, 3.05) is 7.05 Å². The first kappa shape index (κ1) is 13.6. The average molecular weight is 259 g/mol. The molecule has 2 aromatic rings. The lowest BCUT2D eigenvalue weighted by molar-refractivity contribution is 0.306. The minimum atomic E-state index is 0.358. The summed E-state index contributed by atoms with van der Waals surface area (Å²) >= 11 is 0. The van der Waals surface area contributed by atoms with Gasteiger partial charge in [0.05, 0.1) is 6.20 Å². The number of hydrogen-bond donors (Lipinski definition) is 1. The maximum Gasteiger partial charge on any atom is 0.119 e. The third kappa shape index (κ3) is 3.58. The normalized spacial score (nSPS) is 12.4. The summed E-state index contributed by atoms with van der Waals surface area (Å²) in [6.07, 6.45) is 3.86. The molecule has 0 aliphatic carbocycles. The molecule has 1 unspecified atom stereocenters. The molecule has 0 radical (unpaired) electrons. The Kier molecular flexibility index (Phi) is 4.58. The molecule has 1 aromatic heterocycles. The third-order valence-electron chi connectivity index (χ3n) is 3.23. The van der Waals surface area contributed by atoms with Gasteiger partial charge in [-0.25, -0.2) is 0 Å². The smallest absolute Gasteiger partial charge is 0.119 e. The molecule has 0 aliphatic rings. The zero-order valence-electron chi connectivity index (χ0n) is 11.8. The zero-order valence-corrected chi connectivity index (χ0v) is 11.8. The Hall–Kier alpha value is -1.81. The van der Waals surface area contributed by atoms with E-state index < -0.39 is 0 Å². The number of benzene rings is 1. The van der Waals surface area contributed by atoms with Gasteiger partial charge in [-0.1, -0.05) is 12.1 Å². The molecule has 1 atom stereocenters. The number of nitrogens with zero attached hydrogens (tertiary/aromatic N) is 2. The van der Waals surface area contributed by atoms with Crippen LogP contribution in [0.3, 0.4) is 0 Å². The van der Waals surface area contributed by atoms with E-state index in [0.717, 1.165) is 17.9 Å². The van der Waals surface area contributed by atoms with Crippen LogP contribution in [0, 0.1) is 0 Å². The van der Waals surface area contributed by atoms with Crippen molar-refractivity contribution in [3.63, 3.8) is 0 Å². The highest BCUT2D eigenvalue weighted by atomic mass is 16.5. The topological polar surface area (TPSA) is 39.1 Å². The van der Waals surface area contributed by atoms with Crippen molar-refractivity contribution in [2.45, 2.75) is 33.0 Å². The van der Waals surface area contributed by atoms with Gasteiger partial charge in [-0.05, 0) is 38.6 Å². The van der Waals surface area contributed by atoms with Gasteiger partial charge in [0, 0.05) is 24.3 Å². The van der Waals surface area contributed by atoms with Crippen molar-refractivity contribution in [1.82, 2.24) is 15.1 Å². The highest BCUT2D eigenvalue weighted by Gasteiger charge is 2.03. The van der Waals surface area contributed by atoms with Gasteiger partial charge in [0.15, 0.2) is 0 Å². The second-order valence-electron chi connectivity index (χ2n) is 4.57. The van der Waals surface area contributed by atoms with E-state index in [1.165, 1.54) is 5.56 Å². The van der Waals surface area contributed by atoms with Crippen LogP contribution in [0.4, 0.5) is 0 Å². The minimum Gasteiger partial charge on any atom is -0.489 e. The first-order valence-electron chi connectivity index (χ1n) is 6.64. The average Bonchev–Trinajstić information content (AvgIpc) is 2.93. The molecule has 0 amide bonds. The SMILES string of the molecule is CCn1cc(COc2ccc(C(C)NC)cc2)cn1. The van der Waals surface area contributed by atoms with E-state index in [0.29, 0.717) is 12.6 Å². The van der Waals surface area contributed by atoms with Crippen LogP contribution in [0.1, 0.15) is 31.0 Å². The standard InChI is InChI=1S/C15H21N3O/c1-4-18-10-13(9-17-18)11-19-15-7-5-14(6-8-15)12(2)16-3/h5-10,12,16H,4,11H2,1-3H3. The lowest BCUT2D eigenvalue weighted by Gasteiger charge is -2.11. The van der Waals surface area contributed by atoms with Gasteiger partial charge in [-0.3, -0.25) is 4.68 Å². The molecule has 0 bridgehead atoms. The molecular formula is C15H21N3O. The first-order valence-corrected chi connectivity index (χ1v) is 6.64. The van der Waals surface area contributed by atoms with E-state index in [4.69, 9.17) is 4.74 Å². The fraction of sp³-hybridized carbons (Fsp3) is 0.400. The maximum atomic E-state index is 5.74. The summed E-state index contributed by atoms with van der Waals surface area (Å²) in [6, 6.07) is 8.55. The van der Waals surface area contributed by atoms with Crippen molar-refractivity contribution in [2.24, 2.45) is 0 Å². The van der Waals surface area contributed by atoms with Gasteiger partial charge in [0.2, 0.25) is 0 Å². The van der Waals surface area contributed by atoms with Crippen molar-refractivity contribution >= 4 is 0 Å². The molecule has 0 spiro atoms. The summed E-state index contributed by atoms with van der Waals surface area (Å²) in [7, 11) is 1.96. The fourth-order valence-electron chi connectivity index (χ4n) is 1.84. The van der Waals surface area contributed by atoms with Crippen LogP contribution in [0.5, 0.6) is 5.75 Å². The molecule has 0 saturated carbocycles. The van der Waals surface area contributed by atoms with Crippen LogP contribution >= 0.6 is 0 Å². The summed E-state index contributed by atoms with van der Waals surface area (Å²) in [5.41, 5.74) is 2.35. The van der Waals surface area contributed by atoms with Gasteiger partial charge in [-0.15, -0.1) is 0 Å². The van der Waals surface area contributed by atoms with Gasteiger partial charge in [0.25, 0.3) is 0 Å². The monoisotopic (exact) mass is 259 g/mol. The molecule has 4 heteroatoms. The predicted octanol–water partition coefficient (Wildman–Crippen LogP) is 2.76. The molecule has 0 saturated heterocycles. The maximum absolute atomic E-state index is 5.74. The summed E-state index contributed by atoms with van der Waals surface area (Å²) in [5, 5.41) is 7.44.